The molecular weight excluding hydrogens is 544 g/mol. The lowest BCUT2D eigenvalue weighted by molar-refractivity contribution is -0.0553. The van der Waals surface area contributed by atoms with E-state index >= 15 is 0 Å². The van der Waals surface area contributed by atoms with E-state index in [1.165, 1.54) is 6.33 Å². The van der Waals surface area contributed by atoms with E-state index in [0.717, 1.165) is 22.3 Å². The first kappa shape index (κ1) is 30.3. The third-order valence-corrected chi connectivity index (χ3v) is 6.58. The van der Waals surface area contributed by atoms with Gasteiger partial charge in [-0.3, -0.25) is 4.18 Å². The number of carbonyl (C=O) groups excluding carboxylic acids is 1. The highest BCUT2D eigenvalue weighted by Gasteiger charge is 2.47. The number of halogens is 4. The molecule has 9 nitrogen and oxygen atoms in total. The van der Waals surface area contributed by atoms with Crippen molar-refractivity contribution in [3.8, 4) is 11.3 Å². The average Bonchev–Trinajstić information content (AvgIpc) is 3.23. The zero-order chi connectivity index (χ0) is 29.0. The normalized spacial score (nSPS) is 13.4. The van der Waals surface area contributed by atoms with Crippen LogP contribution in [-0.2, 0) is 32.0 Å². The highest BCUT2D eigenvalue weighted by Crippen LogP contribution is 2.27. The topological polar surface area (TPSA) is 112 Å². The maximum absolute atomic E-state index is 13.9. The number of carbonyl (C=O) groups is 1. The molecule has 0 fully saturated rings. The van der Waals surface area contributed by atoms with Crippen molar-refractivity contribution >= 4 is 21.7 Å². The van der Waals surface area contributed by atoms with Crippen LogP contribution in [0.25, 0.3) is 16.8 Å². The van der Waals surface area contributed by atoms with Crippen LogP contribution in [0.4, 0.5) is 22.4 Å². The fourth-order valence-electron chi connectivity index (χ4n) is 3.71. The number of nitrogens with zero attached hydrogens (tertiary/aromatic N) is 3. The summed E-state index contributed by atoms with van der Waals surface area (Å²) in [6, 6.07) is 7.52. The number of benzene rings is 1. The molecule has 0 saturated heterocycles. The molecule has 0 radical (unpaired) electrons. The predicted molar refractivity (Wildman–Crippen MR) is 135 cm³/mol. The van der Waals surface area contributed by atoms with E-state index in [1.807, 2.05) is 31.2 Å². The number of nitrogens with one attached hydrogen (secondary N) is 1. The van der Waals surface area contributed by atoms with E-state index in [2.05, 4.69) is 19.6 Å². The third-order valence-electron chi connectivity index (χ3n) is 5.57. The SMILES string of the molecule is Cc1cc(-c2ncnn3cc(CCC[C@H](F)COS(=O)(=O)C(F)(F)F)cc23)ccc1CNC(=O)OC(C)(C)C. The molecule has 0 aliphatic heterocycles. The molecule has 0 spiro atoms. The molecule has 3 rings (SSSR count). The van der Waals surface area contributed by atoms with Gasteiger partial charge in [-0.15, -0.1) is 0 Å². The smallest absolute Gasteiger partial charge is 0.444 e. The summed E-state index contributed by atoms with van der Waals surface area (Å²) in [6.07, 6.45) is 1.19. The molecular formula is C25H30F4N4O5S. The summed E-state index contributed by atoms with van der Waals surface area (Å²) >= 11 is 0. The van der Waals surface area contributed by atoms with Crippen molar-refractivity contribution in [1.82, 2.24) is 19.9 Å². The Morgan fingerprint density at radius 3 is 2.54 bits per heavy atom. The number of alkyl halides is 4. The van der Waals surface area contributed by atoms with E-state index in [1.54, 1.807) is 31.5 Å². The minimum absolute atomic E-state index is 0.184. The molecule has 1 amide bonds. The minimum atomic E-state index is -5.82. The predicted octanol–water partition coefficient (Wildman–Crippen LogP) is 5.26. The number of amides is 1. The lowest BCUT2D eigenvalue weighted by atomic mass is 10.0. The highest BCUT2D eigenvalue weighted by molar-refractivity contribution is 7.87. The Bertz CT molecular complexity index is 1420. The molecule has 0 aliphatic carbocycles. The lowest BCUT2D eigenvalue weighted by Crippen LogP contribution is -2.32. The molecule has 214 valence electrons. The van der Waals surface area contributed by atoms with Gasteiger partial charge in [0.05, 0.1) is 17.8 Å². The summed E-state index contributed by atoms with van der Waals surface area (Å²) in [5, 5.41) is 6.94. The molecule has 0 unspecified atom stereocenters. The van der Waals surface area contributed by atoms with Crippen LogP contribution in [-0.4, -0.2) is 53.0 Å². The van der Waals surface area contributed by atoms with Crippen molar-refractivity contribution in [2.24, 2.45) is 0 Å². The number of rotatable bonds is 10. The molecule has 1 aromatic carbocycles. The van der Waals surface area contributed by atoms with E-state index < -0.39 is 40.1 Å². The van der Waals surface area contributed by atoms with Gasteiger partial charge in [-0.2, -0.15) is 26.7 Å². The summed E-state index contributed by atoms with van der Waals surface area (Å²) in [5.74, 6) is 0. The number of hydrogen-bond donors (Lipinski definition) is 1. The Morgan fingerprint density at radius 1 is 1.18 bits per heavy atom. The fraction of sp³-hybridized carbons (Fsp3) is 0.480. The van der Waals surface area contributed by atoms with E-state index in [4.69, 9.17) is 4.74 Å². The summed E-state index contributed by atoms with van der Waals surface area (Å²) in [7, 11) is -5.82. The Kier molecular flexibility index (Phi) is 9.21. The second-order valence-corrected chi connectivity index (χ2v) is 11.6. The molecule has 2 aromatic heterocycles. The molecule has 1 atom stereocenters. The minimum Gasteiger partial charge on any atom is -0.444 e. The van der Waals surface area contributed by atoms with Crippen LogP contribution in [0.5, 0.6) is 0 Å². The maximum Gasteiger partial charge on any atom is 0.523 e. The van der Waals surface area contributed by atoms with Crippen molar-refractivity contribution in [2.45, 2.75) is 70.8 Å². The molecule has 39 heavy (non-hydrogen) atoms. The molecule has 0 bridgehead atoms. The zero-order valence-electron chi connectivity index (χ0n) is 21.9. The van der Waals surface area contributed by atoms with Crippen molar-refractivity contribution in [3.05, 3.63) is 53.5 Å². The van der Waals surface area contributed by atoms with E-state index in [-0.39, 0.29) is 19.4 Å². The van der Waals surface area contributed by atoms with Crippen molar-refractivity contribution in [1.29, 1.82) is 0 Å². The quantitative estimate of drug-likeness (QED) is 0.200. The Hall–Kier alpha value is -3.26. The molecule has 0 saturated carbocycles. The zero-order valence-corrected chi connectivity index (χ0v) is 22.7. The number of ether oxygens (including phenoxy) is 1. The summed E-state index contributed by atoms with van der Waals surface area (Å²) < 4.78 is 83.3. The Labute approximate surface area is 223 Å². The Morgan fingerprint density at radius 2 is 1.90 bits per heavy atom. The van der Waals surface area contributed by atoms with E-state index in [0.29, 0.717) is 17.6 Å². The van der Waals surface area contributed by atoms with Gasteiger partial charge in [-0.1, -0.05) is 12.1 Å². The van der Waals surface area contributed by atoms with Crippen LogP contribution >= 0.6 is 0 Å². The molecule has 1 N–H and O–H groups in total. The van der Waals surface area contributed by atoms with Gasteiger partial charge < -0.3 is 10.1 Å². The van der Waals surface area contributed by atoms with Crippen LogP contribution < -0.4 is 5.32 Å². The van der Waals surface area contributed by atoms with Gasteiger partial charge in [-0.25, -0.2) is 18.7 Å². The number of aromatic nitrogens is 3. The first-order chi connectivity index (χ1) is 18.1. The second-order valence-electron chi connectivity index (χ2n) is 9.96. The van der Waals surface area contributed by atoms with E-state index in [9.17, 15) is 30.8 Å². The first-order valence-electron chi connectivity index (χ1n) is 12.0. The number of hydrogen-bond acceptors (Lipinski definition) is 7. The second kappa shape index (κ2) is 11.9. The standard InChI is InChI=1S/C25H30F4N4O5S/c1-16-10-18(8-9-19(16)12-30-23(34)38-24(2,3)4)22-21-11-17(13-33(21)32-15-31-22)6-5-7-20(26)14-37-39(35,36)25(27,28)29/h8-11,13,15,20H,5-7,12,14H2,1-4H3,(H,30,34)/t20-/m0/s1. The van der Waals surface area contributed by atoms with Crippen LogP contribution in [0.2, 0.25) is 0 Å². The number of fused-ring (bicyclic) bond motifs is 1. The molecule has 14 heteroatoms. The van der Waals surface area contributed by atoms with Gasteiger partial charge in [0.1, 0.15) is 18.1 Å². The third kappa shape index (κ3) is 8.36. The van der Waals surface area contributed by atoms with Gasteiger partial charge in [0, 0.05) is 18.3 Å². The fourth-order valence-corrected chi connectivity index (χ4v) is 4.17. The van der Waals surface area contributed by atoms with Crippen LogP contribution in [0.3, 0.4) is 0 Å². The summed E-state index contributed by atoms with van der Waals surface area (Å²) in [6.45, 7) is 6.36. The average molecular weight is 575 g/mol. The summed E-state index contributed by atoms with van der Waals surface area (Å²) in [5.41, 5.74) is -1.40. The number of aryl methyl sites for hydroxylation is 2. The van der Waals surface area contributed by atoms with Gasteiger partial charge in [0.25, 0.3) is 0 Å². The number of alkyl carbamates (subject to hydrolysis) is 1. The molecule has 0 aliphatic rings. The largest absolute Gasteiger partial charge is 0.523 e. The van der Waals surface area contributed by atoms with Crippen LogP contribution in [0.15, 0.2) is 36.8 Å². The Balaban J connectivity index is 1.63. The highest BCUT2D eigenvalue weighted by atomic mass is 32.2. The van der Waals surface area contributed by atoms with Gasteiger partial charge in [0.15, 0.2) is 0 Å². The molecule has 2 heterocycles. The van der Waals surface area contributed by atoms with Gasteiger partial charge in [-0.05, 0) is 75.8 Å². The first-order valence-corrected chi connectivity index (χ1v) is 13.5. The summed E-state index contributed by atoms with van der Waals surface area (Å²) in [4.78, 5) is 16.4. The van der Waals surface area contributed by atoms with Gasteiger partial charge >= 0.3 is 21.7 Å². The van der Waals surface area contributed by atoms with Crippen molar-refractivity contribution < 1.29 is 39.7 Å². The maximum atomic E-state index is 13.9. The van der Waals surface area contributed by atoms with Crippen molar-refractivity contribution in [3.63, 3.8) is 0 Å². The van der Waals surface area contributed by atoms with Gasteiger partial charge in [0.2, 0.25) is 0 Å². The van der Waals surface area contributed by atoms with Crippen LogP contribution in [0, 0.1) is 6.92 Å². The monoisotopic (exact) mass is 574 g/mol. The lowest BCUT2D eigenvalue weighted by Gasteiger charge is -2.20. The van der Waals surface area contributed by atoms with Crippen LogP contribution in [0.1, 0.15) is 50.3 Å². The van der Waals surface area contributed by atoms with Crippen molar-refractivity contribution in [2.75, 3.05) is 6.61 Å². The molecule has 3 aromatic rings.